The van der Waals surface area contributed by atoms with E-state index in [9.17, 15) is 0 Å². The highest BCUT2D eigenvalue weighted by atomic mass is 28.1. The molecule has 4 heteroatoms. The van der Waals surface area contributed by atoms with Gasteiger partial charge >= 0.3 is 0 Å². The molecule has 0 fully saturated rings. The molecule has 111 valence electrons. The van der Waals surface area contributed by atoms with Crippen LogP contribution in [0.25, 0.3) is 0 Å². The van der Waals surface area contributed by atoms with Gasteiger partial charge in [0.2, 0.25) is 0 Å². The topological polar surface area (TPSA) is 36.1 Å². The first kappa shape index (κ1) is 18.5. The van der Waals surface area contributed by atoms with E-state index in [1.807, 2.05) is 0 Å². The Morgan fingerprint density at radius 3 is 1.68 bits per heavy atom. The molecular weight excluding hydrogens is 250 g/mol. The molecule has 0 aliphatic rings. The summed E-state index contributed by atoms with van der Waals surface area (Å²) in [6, 6.07) is 1.46. The van der Waals surface area contributed by atoms with E-state index in [4.69, 9.17) is 0 Å². The Labute approximate surface area is 123 Å². The van der Waals surface area contributed by atoms with Crippen LogP contribution in [-0.4, -0.2) is 34.0 Å². The lowest BCUT2D eigenvalue weighted by Gasteiger charge is -2.24. The van der Waals surface area contributed by atoms with Crippen molar-refractivity contribution >= 4 is 10.2 Å². The Hall–Kier alpha value is -0.483. The fraction of sp³-hybridized carbons (Fsp3) is 0.867. The molecule has 0 aromatic heterocycles. The summed E-state index contributed by atoms with van der Waals surface area (Å²) in [5.74, 6) is 1.11. The smallest absolute Gasteiger partial charge is 0.0961 e. The summed E-state index contributed by atoms with van der Waals surface area (Å²) in [5.41, 5.74) is 0.179. The van der Waals surface area contributed by atoms with Crippen molar-refractivity contribution in [1.82, 2.24) is 16.0 Å². The molecule has 4 unspecified atom stereocenters. The molecule has 0 aliphatic heterocycles. The SMILES string of the molecule is CCC(C)NC(=CC([Si])NC(C)CC)NC(C)CC. The quantitative estimate of drug-likeness (QED) is 0.539. The van der Waals surface area contributed by atoms with Gasteiger partial charge in [0, 0.05) is 23.8 Å². The van der Waals surface area contributed by atoms with Gasteiger partial charge in [0.1, 0.15) is 0 Å². The van der Waals surface area contributed by atoms with Crippen molar-refractivity contribution in [2.45, 2.75) is 84.6 Å². The minimum absolute atomic E-state index is 0.179. The summed E-state index contributed by atoms with van der Waals surface area (Å²) in [6.45, 7) is 13.2. The Morgan fingerprint density at radius 2 is 1.32 bits per heavy atom. The van der Waals surface area contributed by atoms with Crippen molar-refractivity contribution < 1.29 is 0 Å². The number of rotatable bonds is 10. The molecule has 3 N–H and O–H groups in total. The van der Waals surface area contributed by atoms with Crippen molar-refractivity contribution in [3.63, 3.8) is 0 Å². The van der Waals surface area contributed by atoms with Crippen molar-refractivity contribution in [1.29, 1.82) is 0 Å². The Bertz CT molecular complexity index is 242. The van der Waals surface area contributed by atoms with Crippen molar-refractivity contribution in [3.8, 4) is 0 Å². The molecule has 0 heterocycles. The molecule has 19 heavy (non-hydrogen) atoms. The van der Waals surface area contributed by atoms with Crippen LogP contribution in [0.4, 0.5) is 0 Å². The number of hydrogen-bond acceptors (Lipinski definition) is 3. The third-order valence-corrected chi connectivity index (χ3v) is 3.77. The third-order valence-electron chi connectivity index (χ3n) is 3.44. The molecule has 3 nitrogen and oxygen atoms in total. The Balaban J connectivity index is 4.60. The van der Waals surface area contributed by atoms with Crippen molar-refractivity contribution in [3.05, 3.63) is 11.9 Å². The van der Waals surface area contributed by atoms with Gasteiger partial charge in [-0.3, -0.25) is 0 Å². The van der Waals surface area contributed by atoms with E-state index < -0.39 is 0 Å². The Kier molecular flexibility index (Phi) is 10.1. The number of hydrogen-bond donors (Lipinski definition) is 3. The minimum Gasteiger partial charge on any atom is -0.370 e. The lowest BCUT2D eigenvalue weighted by molar-refractivity contribution is 0.499. The second kappa shape index (κ2) is 10.3. The standard InChI is InChI=1S/C15H32N3Si/c1-7-11(4)16-14(17-12(5)8-2)10-15(19)18-13(6)9-3/h10-13,15-18H,7-9H2,1-6H3. The summed E-state index contributed by atoms with van der Waals surface area (Å²) < 4.78 is 0. The first-order valence-corrected chi connectivity index (χ1v) is 8.22. The highest BCUT2D eigenvalue weighted by molar-refractivity contribution is 6.13. The monoisotopic (exact) mass is 282 g/mol. The predicted octanol–water partition coefficient (Wildman–Crippen LogP) is 2.49. The van der Waals surface area contributed by atoms with Gasteiger partial charge in [0.25, 0.3) is 0 Å². The highest BCUT2D eigenvalue weighted by Gasteiger charge is 2.08. The van der Waals surface area contributed by atoms with E-state index >= 15 is 0 Å². The fourth-order valence-corrected chi connectivity index (χ4v) is 1.96. The van der Waals surface area contributed by atoms with E-state index in [0.29, 0.717) is 18.1 Å². The molecule has 3 radical (unpaired) electrons. The van der Waals surface area contributed by atoms with Gasteiger partial charge < -0.3 is 16.0 Å². The van der Waals surface area contributed by atoms with Crippen LogP contribution in [0.1, 0.15) is 60.8 Å². The second-order valence-corrected chi connectivity index (χ2v) is 6.06. The third kappa shape index (κ3) is 9.11. The Morgan fingerprint density at radius 1 is 0.895 bits per heavy atom. The van der Waals surface area contributed by atoms with Crippen LogP contribution < -0.4 is 16.0 Å². The zero-order valence-corrected chi connectivity index (χ0v) is 14.5. The zero-order chi connectivity index (χ0) is 14.8. The van der Waals surface area contributed by atoms with Gasteiger partial charge in [-0.1, -0.05) is 20.8 Å². The summed E-state index contributed by atoms with van der Waals surface area (Å²) in [6.07, 6.45) is 5.54. The molecule has 0 aromatic carbocycles. The lowest BCUT2D eigenvalue weighted by atomic mass is 10.2. The van der Waals surface area contributed by atoms with Crippen LogP contribution in [0.5, 0.6) is 0 Å². The van der Waals surface area contributed by atoms with Crippen LogP contribution in [0.3, 0.4) is 0 Å². The molecule has 4 atom stereocenters. The van der Waals surface area contributed by atoms with Gasteiger partial charge in [-0.2, -0.15) is 0 Å². The van der Waals surface area contributed by atoms with Gasteiger partial charge in [0.15, 0.2) is 0 Å². The largest absolute Gasteiger partial charge is 0.370 e. The highest BCUT2D eigenvalue weighted by Crippen LogP contribution is 2.00. The summed E-state index contributed by atoms with van der Waals surface area (Å²) in [4.78, 5) is 0. The minimum atomic E-state index is 0.179. The molecule has 0 saturated carbocycles. The van der Waals surface area contributed by atoms with E-state index in [0.717, 1.165) is 25.1 Å². The van der Waals surface area contributed by atoms with Gasteiger partial charge in [0.05, 0.1) is 16.1 Å². The maximum atomic E-state index is 3.73. The predicted molar refractivity (Wildman–Crippen MR) is 86.3 cm³/mol. The molecule has 0 saturated heterocycles. The molecular formula is C15H32N3Si. The van der Waals surface area contributed by atoms with Gasteiger partial charge in [-0.25, -0.2) is 0 Å². The van der Waals surface area contributed by atoms with Crippen LogP contribution in [0, 0.1) is 0 Å². The molecule has 0 aromatic rings. The fourth-order valence-electron chi connectivity index (χ4n) is 1.51. The van der Waals surface area contributed by atoms with E-state index in [2.05, 4.69) is 73.8 Å². The molecule has 0 spiro atoms. The van der Waals surface area contributed by atoms with Crippen LogP contribution in [0.2, 0.25) is 0 Å². The van der Waals surface area contributed by atoms with E-state index in [1.54, 1.807) is 0 Å². The summed E-state index contributed by atoms with van der Waals surface area (Å²) >= 11 is 0. The zero-order valence-electron chi connectivity index (χ0n) is 13.5. The molecule has 0 rings (SSSR count). The number of nitrogens with one attached hydrogen (secondary N) is 3. The van der Waals surface area contributed by atoms with Crippen LogP contribution in [-0.2, 0) is 0 Å². The lowest BCUT2D eigenvalue weighted by Crippen LogP contribution is -2.41. The second-order valence-electron chi connectivity index (χ2n) is 5.44. The van der Waals surface area contributed by atoms with E-state index in [1.165, 1.54) is 0 Å². The average molecular weight is 283 g/mol. The summed E-state index contributed by atoms with van der Waals surface area (Å²) in [5, 5.41) is 10.6. The first-order valence-electron chi connectivity index (χ1n) is 7.64. The average Bonchev–Trinajstić information content (AvgIpc) is 2.37. The van der Waals surface area contributed by atoms with E-state index in [-0.39, 0.29) is 5.67 Å². The van der Waals surface area contributed by atoms with Crippen molar-refractivity contribution in [2.75, 3.05) is 0 Å². The van der Waals surface area contributed by atoms with Crippen molar-refractivity contribution in [2.24, 2.45) is 0 Å². The normalized spacial score (nSPS) is 17.2. The van der Waals surface area contributed by atoms with Gasteiger partial charge in [-0.15, -0.1) is 0 Å². The van der Waals surface area contributed by atoms with Crippen LogP contribution in [0.15, 0.2) is 11.9 Å². The molecule has 0 amide bonds. The maximum Gasteiger partial charge on any atom is 0.0961 e. The van der Waals surface area contributed by atoms with Crippen LogP contribution >= 0.6 is 0 Å². The molecule has 0 aliphatic carbocycles. The first-order chi connectivity index (χ1) is 8.92. The van der Waals surface area contributed by atoms with Gasteiger partial charge in [-0.05, 0) is 46.1 Å². The molecule has 0 bridgehead atoms. The summed E-state index contributed by atoms with van der Waals surface area (Å²) in [7, 11) is 3.73. The maximum absolute atomic E-state index is 3.73.